The van der Waals surface area contributed by atoms with Crippen molar-refractivity contribution in [3.8, 4) is 11.1 Å². The summed E-state index contributed by atoms with van der Waals surface area (Å²) in [5.74, 6) is -1.57. The van der Waals surface area contributed by atoms with Crippen LogP contribution in [-0.2, 0) is 4.74 Å². The lowest BCUT2D eigenvalue weighted by molar-refractivity contribution is -0.0369. The summed E-state index contributed by atoms with van der Waals surface area (Å²) >= 11 is 0. The van der Waals surface area contributed by atoms with Crippen molar-refractivity contribution in [2.24, 2.45) is 0 Å². The molecule has 7 nitrogen and oxygen atoms in total. The molecule has 3 N–H and O–H groups in total. The van der Waals surface area contributed by atoms with E-state index in [2.05, 4.69) is 15.1 Å². The maximum absolute atomic E-state index is 15.5. The average Bonchev–Trinajstić information content (AvgIpc) is 3.28. The summed E-state index contributed by atoms with van der Waals surface area (Å²) in [6.45, 7) is 2.43. The first-order valence-electron chi connectivity index (χ1n) is 11.1. The van der Waals surface area contributed by atoms with Gasteiger partial charge in [-0.3, -0.25) is 9.78 Å². The van der Waals surface area contributed by atoms with Gasteiger partial charge in [-0.1, -0.05) is 0 Å². The van der Waals surface area contributed by atoms with E-state index >= 15 is 8.78 Å². The summed E-state index contributed by atoms with van der Waals surface area (Å²) in [7, 11) is 0. The fourth-order valence-corrected chi connectivity index (χ4v) is 5.02. The maximum Gasteiger partial charge on any atom is 0.272 e. The lowest BCUT2D eigenvalue weighted by Gasteiger charge is -2.23. The van der Waals surface area contributed by atoms with E-state index in [1.54, 1.807) is 12.3 Å². The molecule has 1 saturated heterocycles. The Kier molecular flexibility index (Phi) is 4.63. The molecule has 34 heavy (non-hydrogen) atoms. The highest BCUT2D eigenvalue weighted by Crippen LogP contribution is 2.41. The molecule has 0 radical (unpaired) electrons. The van der Waals surface area contributed by atoms with Gasteiger partial charge in [0.25, 0.3) is 5.56 Å². The standard InChI is InChI=1S/C25H21F2N5O2/c1-12-9-14-20(21(28)25(33)31-23(14)13-5-4-7-29-22(12)13)19-15-11-30-32(18-6-2-3-8-34-18)24(15)17(27)10-16(19)26/h4-5,7,9-11,18H,2-3,6,8,28H2,1H3,(H,31,33). The lowest BCUT2D eigenvalue weighted by Crippen LogP contribution is -2.19. The van der Waals surface area contributed by atoms with Gasteiger partial charge in [-0.2, -0.15) is 5.10 Å². The molecular formula is C25H21F2N5O2. The first kappa shape index (κ1) is 20.7. The Morgan fingerprint density at radius 3 is 2.79 bits per heavy atom. The summed E-state index contributed by atoms with van der Waals surface area (Å²) in [5, 5.41) is 5.84. The van der Waals surface area contributed by atoms with Gasteiger partial charge in [0.15, 0.2) is 12.0 Å². The monoisotopic (exact) mass is 461 g/mol. The van der Waals surface area contributed by atoms with Gasteiger partial charge in [-0.05, 0) is 49.9 Å². The maximum atomic E-state index is 15.5. The molecule has 0 bridgehead atoms. The Balaban J connectivity index is 1.73. The van der Waals surface area contributed by atoms with E-state index in [4.69, 9.17) is 10.5 Å². The normalized spacial score (nSPS) is 16.6. The summed E-state index contributed by atoms with van der Waals surface area (Å²) in [6.07, 6.45) is 5.17. The predicted molar refractivity (Wildman–Crippen MR) is 127 cm³/mol. The minimum absolute atomic E-state index is 0.0368. The van der Waals surface area contributed by atoms with Crippen LogP contribution in [0, 0.1) is 18.6 Å². The zero-order chi connectivity index (χ0) is 23.6. The predicted octanol–water partition coefficient (Wildman–Crippen LogP) is 4.96. The fraction of sp³-hybridized carbons (Fsp3) is 0.240. The number of halogens is 2. The number of H-pyrrole nitrogens is 1. The van der Waals surface area contributed by atoms with Gasteiger partial charge in [0.2, 0.25) is 0 Å². The van der Waals surface area contributed by atoms with Crippen LogP contribution >= 0.6 is 0 Å². The Morgan fingerprint density at radius 2 is 2.00 bits per heavy atom. The quantitative estimate of drug-likeness (QED) is 0.362. The number of benzene rings is 2. The molecule has 3 aromatic heterocycles. The van der Waals surface area contributed by atoms with Crippen LogP contribution < -0.4 is 11.3 Å². The highest BCUT2D eigenvalue weighted by molar-refractivity contribution is 6.15. The molecule has 5 aromatic rings. The fourth-order valence-electron chi connectivity index (χ4n) is 5.02. The molecule has 1 unspecified atom stereocenters. The average molecular weight is 461 g/mol. The third-order valence-electron chi connectivity index (χ3n) is 6.56. The van der Waals surface area contributed by atoms with Crippen LogP contribution in [0.3, 0.4) is 0 Å². The number of fused-ring (bicyclic) bond motifs is 4. The Bertz CT molecular complexity index is 1670. The Morgan fingerprint density at radius 1 is 1.15 bits per heavy atom. The van der Waals surface area contributed by atoms with Crippen LogP contribution in [0.25, 0.3) is 43.8 Å². The van der Waals surface area contributed by atoms with Crippen molar-refractivity contribution in [3.05, 3.63) is 64.2 Å². The van der Waals surface area contributed by atoms with Crippen molar-refractivity contribution < 1.29 is 13.5 Å². The number of anilines is 1. The van der Waals surface area contributed by atoms with E-state index in [-0.39, 0.29) is 27.7 Å². The van der Waals surface area contributed by atoms with Gasteiger partial charge >= 0.3 is 0 Å². The van der Waals surface area contributed by atoms with Crippen molar-refractivity contribution in [1.29, 1.82) is 0 Å². The lowest BCUT2D eigenvalue weighted by atomic mass is 9.93. The number of hydrogen-bond acceptors (Lipinski definition) is 5. The summed E-state index contributed by atoms with van der Waals surface area (Å²) in [5.41, 5.74) is 7.95. The van der Waals surface area contributed by atoms with Crippen molar-refractivity contribution >= 4 is 38.4 Å². The third-order valence-corrected chi connectivity index (χ3v) is 6.56. The molecule has 172 valence electrons. The SMILES string of the molecule is Cc1cc2c(-c3c(F)cc(F)c4c3cnn4C3CCCCO3)c(N)c(=O)[nH]c2c2cccnc12. The summed E-state index contributed by atoms with van der Waals surface area (Å²) in [4.78, 5) is 20.1. The van der Waals surface area contributed by atoms with Gasteiger partial charge in [0.1, 0.15) is 17.0 Å². The molecule has 1 aliphatic heterocycles. The highest BCUT2D eigenvalue weighted by atomic mass is 19.1. The Hall–Kier alpha value is -3.85. The summed E-state index contributed by atoms with van der Waals surface area (Å²) in [6, 6.07) is 6.24. The number of aromatic nitrogens is 4. The minimum Gasteiger partial charge on any atom is -0.394 e. The van der Waals surface area contributed by atoms with E-state index < -0.39 is 23.4 Å². The van der Waals surface area contributed by atoms with Crippen molar-refractivity contribution in [3.63, 3.8) is 0 Å². The number of ether oxygens (including phenoxy) is 1. The zero-order valence-electron chi connectivity index (χ0n) is 18.4. The van der Waals surface area contributed by atoms with E-state index in [1.807, 2.05) is 19.1 Å². The van der Waals surface area contributed by atoms with Crippen molar-refractivity contribution in [2.45, 2.75) is 32.4 Å². The number of rotatable bonds is 2. The van der Waals surface area contributed by atoms with E-state index in [0.29, 0.717) is 34.8 Å². The Labute approximate surface area is 192 Å². The molecule has 4 heterocycles. The molecule has 0 spiro atoms. The minimum atomic E-state index is -0.823. The van der Waals surface area contributed by atoms with Crippen LogP contribution in [0.4, 0.5) is 14.5 Å². The van der Waals surface area contributed by atoms with Gasteiger partial charge in [0.05, 0.1) is 17.2 Å². The van der Waals surface area contributed by atoms with Crippen LogP contribution in [-0.4, -0.2) is 26.4 Å². The number of nitrogens with two attached hydrogens (primary N) is 1. The molecule has 0 saturated carbocycles. The van der Waals surface area contributed by atoms with Crippen LogP contribution in [0.15, 0.2) is 41.5 Å². The second-order valence-electron chi connectivity index (χ2n) is 8.65. The molecule has 9 heteroatoms. The molecule has 2 aromatic carbocycles. The molecule has 0 amide bonds. The second-order valence-corrected chi connectivity index (χ2v) is 8.65. The van der Waals surface area contributed by atoms with E-state index in [9.17, 15) is 4.79 Å². The molecule has 1 fully saturated rings. The molecule has 0 aliphatic carbocycles. The number of hydrogen-bond donors (Lipinski definition) is 2. The van der Waals surface area contributed by atoms with Gasteiger partial charge < -0.3 is 15.5 Å². The number of nitrogens with zero attached hydrogens (tertiary/aromatic N) is 3. The van der Waals surface area contributed by atoms with Crippen molar-refractivity contribution in [1.82, 2.24) is 19.7 Å². The van der Waals surface area contributed by atoms with Crippen molar-refractivity contribution in [2.75, 3.05) is 12.3 Å². The van der Waals surface area contributed by atoms with Gasteiger partial charge in [-0.15, -0.1) is 0 Å². The van der Waals surface area contributed by atoms with E-state index in [1.165, 1.54) is 10.9 Å². The van der Waals surface area contributed by atoms with Crippen LogP contribution in [0.2, 0.25) is 0 Å². The number of pyridine rings is 2. The highest BCUT2D eigenvalue weighted by Gasteiger charge is 2.27. The van der Waals surface area contributed by atoms with Crippen LogP contribution in [0.1, 0.15) is 31.1 Å². The molecular weight excluding hydrogens is 440 g/mol. The second kappa shape index (κ2) is 7.59. The number of aryl methyl sites for hydroxylation is 1. The molecule has 6 rings (SSSR count). The van der Waals surface area contributed by atoms with Gasteiger partial charge in [-0.25, -0.2) is 13.5 Å². The molecule has 1 atom stereocenters. The topological polar surface area (TPSA) is 98.8 Å². The number of aromatic amines is 1. The van der Waals surface area contributed by atoms with E-state index in [0.717, 1.165) is 24.5 Å². The number of nitrogens with one attached hydrogen (secondary N) is 1. The third kappa shape index (κ3) is 2.93. The first-order chi connectivity index (χ1) is 16.5. The van der Waals surface area contributed by atoms with Gasteiger partial charge in [0, 0.05) is 46.2 Å². The smallest absolute Gasteiger partial charge is 0.272 e. The largest absolute Gasteiger partial charge is 0.394 e. The summed E-state index contributed by atoms with van der Waals surface area (Å²) < 4.78 is 37.8. The zero-order valence-corrected chi connectivity index (χ0v) is 18.4. The molecule has 1 aliphatic rings. The van der Waals surface area contributed by atoms with Crippen LogP contribution in [0.5, 0.6) is 0 Å². The first-order valence-corrected chi connectivity index (χ1v) is 11.1. The number of nitrogen functional groups attached to an aromatic ring is 1.